The zero-order valence-corrected chi connectivity index (χ0v) is 20.3. The highest BCUT2D eigenvalue weighted by Crippen LogP contribution is 2.33. The lowest BCUT2D eigenvalue weighted by molar-refractivity contribution is -0.921. The number of hydrogen-bond acceptors (Lipinski definition) is 0. The number of rotatable bonds is 16. The minimum Gasteiger partial charge on any atom is -0.325 e. The highest BCUT2D eigenvalue weighted by Gasteiger charge is 2.22. The fourth-order valence-electron chi connectivity index (χ4n) is 4.76. The molecule has 160 valence electrons. The Bertz CT molecular complexity index is 218. The molecule has 0 saturated carbocycles. The first-order valence-electron chi connectivity index (χ1n) is 12.6. The van der Waals surface area contributed by atoms with Crippen molar-refractivity contribution in [3.05, 3.63) is 0 Å². The Hall–Kier alpha value is 0.0249. The Morgan fingerprint density at radius 2 is 0.654 bits per heavy atom. The summed E-state index contributed by atoms with van der Waals surface area (Å²) in [5.41, 5.74) is 0. The molecule has 0 fully saturated rings. The van der Waals surface area contributed by atoms with Gasteiger partial charge in [0, 0.05) is 6.15 Å². The number of quaternary nitrogens is 1. The summed E-state index contributed by atoms with van der Waals surface area (Å²) < 4.78 is 1.28. The first-order chi connectivity index (χ1) is 12.5. The maximum atomic E-state index is 2.35. The van der Waals surface area contributed by atoms with Crippen LogP contribution in [0.3, 0.4) is 0 Å². The lowest BCUT2D eigenvalue weighted by atomic mass is 9.17. The topological polar surface area (TPSA) is 0 Å². The van der Waals surface area contributed by atoms with Crippen LogP contribution in [0.15, 0.2) is 0 Å². The third-order valence-corrected chi connectivity index (χ3v) is 7.36. The zero-order chi connectivity index (χ0) is 20.3. The van der Waals surface area contributed by atoms with Gasteiger partial charge in [0.05, 0.1) is 26.2 Å². The molecule has 26 heavy (non-hydrogen) atoms. The Morgan fingerprint density at radius 3 is 0.769 bits per heavy atom. The summed E-state index contributed by atoms with van der Waals surface area (Å²) in [6, 6.07) is 0. The van der Waals surface area contributed by atoms with Crippen molar-refractivity contribution < 1.29 is 4.48 Å². The van der Waals surface area contributed by atoms with E-state index in [0.29, 0.717) is 0 Å². The average Bonchev–Trinajstić information content (AvgIpc) is 2.69. The van der Waals surface area contributed by atoms with Gasteiger partial charge < -0.3 is 4.48 Å². The molecule has 0 heterocycles. The van der Waals surface area contributed by atoms with E-state index >= 15 is 0 Å². The van der Waals surface area contributed by atoms with Crippen LogP contribution in [0.4, 0.5) is 0 Å². The van der Waals surface area contributed by atoms with Crippen LogP contribution in [0.25, 0.3) is 0 Å². The summed E-state index contributed by atoms with van der Waals surface area (Å²) in [6.45, 7) is 23.6. The highest BCUT2D eigenvalue weighted by atomic mass is 15.3. The standard InChI is InChI=1S/C16H36B.C8H20N/c1-5-9-13-17(14-10-6-2,15-11-7-3)16-12-8-4;1-5-9(6-2,7-3)8-4/h5-16H2,1-4H3;5-8H2,1-4H3/q-1;+1. The average molecular weight is 370 g/mol. The van der Waals surface area contributed by atoms with E-state index in [1.165, 1.54) is 82.0 Å². The van der Waals surface area contributed by atoms with Gasteiger partial charge in [-0.3, -0.25) is 0 Å². The van der Waals surface area contributed by atoms with Crippen LogP contribution in [0, 0.1) is 0 Å². The van der Waals surface area contributed by atoms with Gasteiger partial charge in [-0.25, -0.2) is 0 Å². The van der Waals surface area contributed by atoms with Crippen LogP contribution >= 0.6 is 0 Å². The second-order valence-corrected chi connectivity index (χ2v) is 8.91. The van der Waals surface area contributed by atoms with E-state index in [-0.39, 0.29) is 6.15 Å². The largest absolute Gasteiger partial charge is 0.325 e. The van der Waals surface area contributed by atoms with E-state index in [1.54, 1.807) is 25.3 Å². The Kier molecular flexibility index (Phi) is 20.0. The van der Waals surface area contributed by atoms with E-state index in [1.807, 2.05) is 0 Å². The molecule has 0 atom stereocenters. The predicted octanol–water partition coefficient (Wildman–Crippen LogP) is 8.52. The van der Waals surface area contributed by atoms with Crippen molar-refractivity contribution in [3.8, 4) is 0 Å². The molecule has 0 spiro atoms. The van der Waals surface area contributed by atoms with E-state index in [0.717, 1.165) is 0 Å². The summed E-state index contributed by atoms with van der Waals surface area (Å²) in [4.78, 5) is 0. The predicted molar refractivity (Wildman–Crippen MR) is 127 cm³/mol. The highest BCUT2D eigenvalue weighted by molar-refractivity contribution is 6.79. The van der Waals surface area contributed by atoms with Crippen molar-refractivity contribution in [2.45, 2.75) is 132 Å². The van der Waals surface area contributed by atoms with Gasteiger partial charge in [0.15, 0.2) is 0 Å². The second-order valence-electron chi connectivity index (χ2n) is 8.91. The van der Waals surface area contributed by atoms with Gasteiger partial charge in [0.1, 0.15) is 0 Å². The normalized spacial score (nSPS) is 12.0. The maximum Gasteiger partial charge on any atom is 0.0757 e. The molecular formula is C24H56BN. The fourth-order valence-corrected chi connectivity index (χ4v) is 4.76. The molecule has 0 aromatic carbocycles. The van der Waals surface area contributed by atoms with E-state index < -0.39 is 0 Å². The molecular weight excluding hydrogens is 313 g/mol. The first kappa shape index (κ1) is 28.2. The lowest BCUT2D eigenvalue weighted by Crippen LogP contribution is -2.47. The van der Waals surface area contributed by atoms with Crippen LogP contribution in [0.5, 0.6) is 0 Å². The first-order valence-corrected chi connectivity index (χ1v) is 12.6. The Balaban J connectivity index is 0. The van der Waals surface area contributed by atoms with Crippen molar-refractivity contribution in [1.82, 2.24) is 0 Å². The smallest absolute Gasteiger partial charge is 0.0757 e. The number of nitrogens with zero attached hydrogens (tertiary/aromatic N) is 1. The molecule has 0 unspecified atom stereocenters. The van der Waals surface area contributed by atoms with Gasteiger partial charge in [-0.1, -0.05) is 79.1 Å². The summed E-state index contributed by atoms with van der Waals surface area (Å²) in [6.07, 6.45) is 17.6. The summed E-state index contributed by atoms with van der Waals surface area (Å²) >= 11 is 0. The van der Waals surface area contributed by atoms with Crippen LogP contribution in [0.2, 0.25) is 25.3 Å². The van der Waals surface area contributed by atoms with Crippen LogP contribution in [-0.2, 0) is 0 Å². The SMILES string of the molecule is CCCC[B-](CCCC)(CCCC)CCCC.CC[N+](CC)(CC)CC. The molecule has 0 rings (SSSR count). The molecule has 0 N–H and O–H groups in total. The molecule has 0 saturated heterocycles. The maximum absolute atomic E-state index is 2.35. The van der Waals surface area contributed by atoms with E-state index in [9.17, 15) is 0 Å². The van der Waals surface area contributed by atoms with Crippen LogP contribution in [-0.4, -0.2) is 36.8 Å². The van der Waals surface area contributed by atoms with E-state index in [2.05, 4.69) is 55.4 Å². The minimum absolute atomic E-state index is 0.00722. The number of unbranched alkanes of at least 4 members (excludes halogenated alkanes) is 4. The van der Waals surface area contributed by atoms with Gasteiger partial charge in [0.2, 0.25) is 0 Å². The number of hydrogen-bond donors (Lipinski definition) is 0. The third kappa shape index (κ3) is 12.4. The van der Waals surface area contributed by atoms with Crippen molar-refractivity contribution in [3.63, 3.8) is 0 Å². The fraction of sp³-hybridized carbons (Fsp3) is 1.00. The van der Waals surface area contributed by atoms with Gasteiger partial charge in [-0.05, 0) is 27.7 Å². The molecule has 0 aromatic heterocycles. The molecule has 1 nitrogen and oxygen atoms in total. The summed E-state index contributed by atoms with van der Waals surface area (Å²) in [5, 5.41) is 0. The molecule has 0 aliphatic heterocycles. The van der Waals surface area contributed by atoms with E-state index in [4.69, 9.17) is 0 Å². The van der Waals surface area contributed by atoms with Crippen molar-refractivity contribution in [1.29, 1.82) is 0 Å². The van der Waals surface area contributed by atoms with Crippen LogP contribution in [0.1, 0.15) is 107 Å². The second kappa shape index (κ2) is 18.4. The molecule has 0 bridgehead atoms. The monoisotopic (exact) mass is 369 g/mol. The Labute approximate surface area is 169 Å². The van der Waals surface area contributed by atoms with Gasteiger partial charge in [-0.15, -0.1) is 0 Å². The molecule has 2 heteroatoms. The van der Waals surface area contributed by atoms with Crippen molar-refractivity contribution in [2.75, 3.05) is 26.2 Å². The van der Waals surface area contributed by atoms with Gasteiger partial charge in [0.25, 0.3) is 0 Å². The minimum atomic E-state index is -0.00722. The molecule has 0 amide bonds. The van der Waals surface area contributed by atoms with Gasteiger partial charge >= 0.3 is 0 Å². The molecule has 0 aliphatic rings. The lowest BCUT2D eigenvalue weighted by Gasteiger charge is -2.40. The summed E-state index contributed by atoms with van der Waals surface area (Å²) in [5.74, 6) is 0. The third-order valence-electron chi connectivity index (χ3n) is 7.36. The molecule has 0 radical (unpaired) electrons. The zero-order valence-electron chi connectivity index (χ0n) is 20.3. The van der Waals surface area contributed by atoms with Crippen molar-refractivity contribution in [2.24, 2.45) is 0 Å². The van der Waals surface area contributed by atoms with Gasteiger partial charge in [-0.2, -0.15) is 25.3 Å². The van der Waals surface area contributed by atoms with Crippen LogP contribution < -0.4 is 0 Å². The Morgan fingerprint density at radius 1 is 0.423 bits per heavy atom. The summed E-state index contributed by atoms with van der Waals surface area (Å²) in [7, 11) is 0. The molecule has 0 aromatic rings. The van der Waals surface area contributed by atoms with Crippen molar-refractivity contribution >= 4 is 6.15 Å². The molecule has 0 aliphatic carbocycles. The quantitative estimate of drug-likeness (QED) is 0.189.